The molecule has 2 fully saturated rings. The minimum atomic E-state index is -0.858. The van der Waals surface area contributed by atoms with Crippen molar-refractivity contribution in [3.05, 3.63) is 53.1 Å². The zero-order valence-electron chi connectivity index (χ0n) is 21.3. The summed E-state index contributed by atoms with van der Waals surface area (Å²) >= 11 is 0. The van der Waals surface area contributed by atoms with Crippen molar-refractivity contribution in [1.29, 1.82) is 0 Å². The topological polar surface area (TPSA) is 57.9 Å². The van der Waals surface area contributed by atoms with E-state index in [0.717, 1.165) is 58.0 Å². The molecule has 3 aliphatic rings. The zero-order valence-corrected chi connectivity index (χ0v) is 21.3. The van der Waals surface area contributed by atoms with Crippen LogP contribution in [0.4, 0.5) is 5.69 Å². The molecule has 6 nitrogen and oxygen atoms in total. The van der Waals surface area contributed by atoms with E-state index >= 15 is 0 Å². The Hall–Kier alpha value is -2.83. The average molecular weight is 504 g/mol. The van der Waals surface area contributed by atoms with Crippen LogP contribution < -0.4 is 4.90 Å². The fraction of sp³-hybridized carbons (Fsp3) is 0.516. The summed E-state index contributed by atoms with van der Waals surface area (Å²) in [5.41, 5.74) is 8.11. The van der Waals surface area contributed by atoms with Crippen molar-refractivity contribution in [1.82, 2.24) is 9.47 Å². The number of hydrogen-bond acceptors (Lipinski definition) is 4. The largest absolute Gasteiger partial charge is 0.478 e. The van der Waals surface area contributed by atoms with Gasteiger partial charge in [-0.2, -0.15) is 0 Å². The van der Waals surface area contributed by atoms with Crippen molar-refractivity contribution in [3.8, 4) is 11.3 Å². The molecule has 2 aliphatic heterocycles. The van der Waals surface area contributed by atoms with Gasteiger partial charge in [0.15, 0.2) is 0 Å². The number of anilines is 1. The summed E-state index contributed by atoms with van der Waals surface area (Å²) in [5.74, 6) is -0.328. The van der Waals surface area contributed by atoms with Crippen LogP contribution in [0.5, 0.6) is 0 Å². The van der Waals surface area contributed by atoms with Crippen LogP contribution in [0.3, 0.4) is 0 Å². The molecule has 0 radical (unpaired) electrons. The second kappa shape index (κ2) is 10.9. The maximum absolute atomic E-state index is 11.9. The van der Waals surface area contributed by atoms with Crippen LogP contribution in [-0.2, 0) is 11.3 Å². The maximum Gasteiger partial charge on any atom is 0.335 e. The summed E-state index contributed by atoms with van der Waals surface area (Å²) in [5, 5.41) is 11.0. The molecule has 2 aromatic carbocycles. The molecule has 3 heterocycles. The van der Waals surface area contributed by atoms with E-state index in [2.05, 4.69) is 45.6 Å². The Morgan fingerprint density at radius 3 is 2.51 bits per heavy atom. The van der Waals surface area contributed by atoms with Gasteiger partial charge in [0.05, 0.1) is 24.5 Å². The third-order valence-electron chi connectivity index (χ3n) is 8.50. The van der Waals surface area contributed by atoms with Crippen molar-refractivity contribution < 1.29 is 14.6 Å². The number of aromatic carboxylic acids is 1. The Bertz CT molecular complexity index is 1270. The van der Waals surface area contributed by atoms with Gasteiger partial charge in [-0.15, -0.1) is 0 Å². The second-order valence-corrected chi connectivity index (χ2v) is 10.7. The van der Waals surface area contributed by atoms with Crippen molar-refractivity contribution in [2.24, 2.45) is 0 Å². The number of rotatable bonds is 5. The molecule has 1 aromatic heterocycles. The van der Waals surface area contributed by atoms with E-state index in [1.54, 1.807) is 6.07 Å². The predicted molar refractivity (Wildman–Crippen MR) is 151 cm³/mol. The Kier molecular flexibility index (Phi) is 7.59. The molecule has 1 aliphatic carbocycles. The minimum Gasteiger partial charge on any atom is -0.478 e. The molecule has 1 saturated carbocycles. The van der Waals surface area contributed by atoms with Gasteiger partial charge in [-0.25, -0.2) is 4.79 Å². The standard InChI is InChI=1S/C30H37N3O3.CH4/c1-21-7-9-25-26(19-21)32(12-11-31-15-17-36-18-16-31)13-14-33-27-20-23(30(34)35)8-10-24(27)28(29(25)33)22-5-3-2-4-6-22;/h7-10,19-20,22H,2-6,11-18H2,1H3,(H,34,35);1H4. The van der Waals surface area contributed by atoms with E-state index in [4.69, 9.17) is 4.74 Å². The van der Waals surface area contributed by atoms with Crippen LogP contribution in [0.15, 0.2) is 36.4 Å². The van der Waals surface area contributed by atoms with Gasteiger partial charge in [-0.1, -0.05) is 44.9 Å². The molecular formula is C31H41N3O3. The number of nitrogens with zero attached hydrogens (tertiary/aromatic N) is 3. The Balaban J connectivity index is 0.00000280. The molecule has 6 rings (SSSR count). The third-order valence-corrected chi connectivity index (χ3v) is 8.50. The Labute approximate surface area is 220 Å². The van der Waals surface area contributed by atoms with Crippen molar-refractivity contribution in [2.75, 3.05) is 50.8 Å². The minimum absolute atomic E-state index is 0. The number of carboxylic acid groups (broad SMARTS) is 1. The lowest BCUT2D eigenvalue weighted by molar-refractivity contribution is 0.0391. The molecule has 37 heavy (non-hydrogen) atoms. The fourth-order valence-corrected chi connectivity index (χ4v) is 6.60. The summed E-state index contributed by atoms with van der Waals surface area (Å²) in [7, 11) is 0. The third kappa shape index (κ3) is 4.89. The fourth-order valence-electron chi connectivity index (χ4n) is 6.60. The van der Waals surface area contributed by atoms with E-state index in [9.17, 15) is 9.90 Å². The number of hydrogen-bond donors (Lipinski definition) is 1. The summed E-state index contributed by atoms with van der Waals surface area (Å²) in [4.78, 5) is 16.9. The molecule has 3 aromatic rings. The van der Waals surface area contributed by atoms with Gasteiger partial charge in [-0.3, -0.25) is 4.90 Å². The van der Waals surface area contributed by atoms with E-state index < -0.39 is 5.97 Å². The number of ether oxygens (including phenoxy) is 1. The van der Waals surface area contributed by atoms with Gasteiger partial charge in [0, 0.05) is 61.4 Å². The summed E-state index contributed by atoms with van der Waals surface area (Å²) < 4.78 is 7.99. The summed E-state index contributed by atoms with van der Waals surface area (Å²) in [6, 6.07) is 12.7. The quantitative estimate of drug-likeness (QED) is 0.452. The lowest BCUT2D eigenvalue weighted by Gasteiger charge is -2.31. The van der Waals surface area contributed by atoms with Crippen molar-refractivity contribution >= 4 is 22.6 Å². The number of fused-ring (bicyclic) bond motifs is 5. The number of carbonyl (C=O) groups is 1. The summed E-state index contributed by atoms with van der Waals surface area (Å²) in [6.07, 6.45) is 6.30. The Morgan fingerprint density at radius 2 is 1.76 bits per heavy atom. The molecule has 0 unspecified atom stereocenters. The van der Waals surface area contributed by atoms with E-state index in [-0.39, 0.29) is 7.43 Å². The predicted octanol–water partition coefficient (Wildman–Crippen LogP) is 6.15. The average Bonchev–Trinajstić information content (AvgIpc) is 3.14. The highest BCUT2D eigenvalue weighted by Crippen LogP contribution is 2.47. The van der Waals surface area contributed by atoms with Gasteiger partial charge in [0.25, 0.3) is 0 Å². The number of carboxylic acids is 1. The van der Waals surface area contributed by atoms with E-state index in [1.165, 1.54) is 65.6 Å². The van der Waals surface area contributed by atoms with Crippen LogP contribution >= 0.6 is 0 Å². The highest BCUT2D eigenvalue weighted by molar-refractivity contribution is 5.99. The molecule has 0 atom stereocenters. The van der Waals surface area contributed by atoms with Crippen molar-refractivity contribution in [2.45, 2.75) is 58.9 Å². The SMILES string of the molecule is C.Cc1ccc2c(c1)N(CCN1CCOCC1)CCn1c-2c(C2CCCCC2)c2ccc(C(=O)O)cc21. The lowest BCUT2D eigenvalue weighted by atomic mass is 9.81. The zero-order chi connectivity index (χ0) is 24.6. The molecule has 198 valence electrons. The number of benzene rings is 2. The first-order valence-electron chi connectivity index (χ1n) is 13.7. The first-order valence-corrected chi connectivity index (χ1v) is 13.7. The number of morpholine rings is 1. The van der Waals surface area contributed by atoms with E-state index in [1.807, 2.05) is 6.07 Å². The molecule has 1 saturated heterocycles. The molecule has 0 spiro atoms. The molecular weight excluding hydrogens is 462 g/mol. The van der Waals surface area contributed by atoms with Crippen molar-refractivity contribution in [3.63, 3.8) is 0 Å². The van der Waals surface area contributed by atoms with Gasteiger partial charge >= 0.3 is 5.97 Å². The van der Waals surface area contributed by atoms with Crippen LogP contribution in [0.1, 0.15) is 66.9 Å². The molecule has 1 N–H and O–H groups in total. The van der Waals surface area contributed by atoms with Crippen LogP contribution in [0.25, 0.3) is 22.2 Å². The van der Waals surface area contributed by atoms with E-state index in [0.29, 0.717) is 11.5 Å². The Morgan fingerprint density at radius 1 is 0.973 bits per heavy atom. The van der Waals surface area contributed by atoms with Crippen LogP contribution in [0.2, 0.25) is 0 Å². The number of aromatic nitrogens is 1. The number of aryl methyl sites for hydroxylation is 1. The second-order valence-electron chi connectivity index (χ2n) is 10.7. The molecule has 6 heteroatoms. The van der Waals surface area contributed by atoms with Crippen LogP contribution in [-0.4, -0.2) is 66.5 Å². The van der Waals surface area contributed by atoms with Gasteiger partial charge in [0.2, 0.25) is 0 Å². The first-order chi connectivity index (χ1) is 17.6. The summed E-state index contributed by atoms with van der Waals surface area (Å²) in [6.45, 7) is 9.63. The van der Waals surface area contributed by atoms with Gasteiger partial charge < -0.3 is 19.3 Å². The first kappa shape index (κ1) is 25.8. The van der Waals surface area contributed by atoms with Crippen LogP contribution in [0, 0.1) is 6.92 Å². The molecule has 0 bridgehead atoms. The smallest absolute Gasteiger partial charge is 0.335 e. The van der Waals surface area contributed by atoms with Gasteiger partial charge in [-0.05, 0) is 55.0 Å². The molecule has 0 amide bonds. The highest BCUT2D eigenvalue weighted by Gasteiger charge is 2.31. The monoisotopic (exact) mass is 503 g/mol. The van der Waals surface area contributed by atoms with Gasteiger partial charge in [0.1, 0.15) is 0 Å². The normalized spacial score (nSPS) is 18.7. The lowest BCUT2D eigenvalue weighted by Crippen LogP contribution is -2.42. The highest BCUT2D eigenvalue weighted by atomic mass is 16.5. The maximum atomic E-state index is 11.9.